The molecule has 0 spiro atoms. The molecule has 1 atom stereocenters. The van der Waals surface area contributed by atoms with E-state index >= 15 is 0 Å². The van der Waals surface area contributed by atoms with E-state index in [0.717, 1.165) is 10.2 Å². The highest BCUT2D eigenvalue weighted by molar-refractivity contribution is 9.10. The lowest BCUT2D eigenvalue weighted by Crippen LogP contribution is -2.31. The second-order valence-corrected chi connectivity index (χ2v) is 6.34. The maximum absolute atomic E-state index is 12.5. The third kappa shape index (κ3) is 4.17. The molecule has 3 rings (SSSR count). The van der Waals surface area contributed by atoms with Gasteiger partial charge in [0.1, 0.15) is 24.9 Å². The molecule has 130 valence electrons. The average Bonchev–Trinajstić information content (AvgIpc) is 3.01. The number of para-hydroxylation sites is 1. The van der Waals surface area contributed by atoms with Crippen molar-refractivity contribution in [2.24, 2.45) is 5.92 Å². The molecular formula is C18H17BrN2O4. The van der Waals surface area contributed by atoms with Gasteiger partial charge in [0.25, 0.3) is 0 Å². The summed E-state index contributed by atoms with van der Waals surface area (Å²) in [4.78, 5) is 30.2. The summed E-state index contributed by atoms with van der Waals surface area (Å²) in [7, 11) is 0. The first-order valence-corrected chi connectivity index (χ1v) is 8.71. The minimum absolute atomic E-state index is 0.0898. The molecule has 0 radical (unpaired) electrons. The average molecular weight is 405 g/mol. The largest absolute Gasteiger partial charge is 0.488 e. The molecule has 6 nitrogen and oxygen atoms in total. The van der Waals surface area contributed by atoms with E-state index in [1.807, 2.05) is 24.3 Å². The predicted molar refractivity (Wildman–Crippen MR) is 95.3 cm³/mol. The Labute approximate surface area is 153 Å². The highest BCUT2D eigenvalue weighted by Crippen LogP contribution is 2.31. The number of amides is 1. The van der Waals surface area contributed by atoms with Crippen LogP contribution in [0, 0.1) is 5.92 Å². The van der Waals surface area contributed by atoms with Crippen LogP contribution in [0.2, 0.25) is 0 Å². The van der Waals surface area contributed by atoms with Gasteiger partial charge in [-0.05, 0) is 46.6 Å². The number of ether oxygens (including phenoxy) is 2. The van der Waals surface area contributed by atoms with Crippen LogP contribution >= 0.6 is 15.9 Å². The molecular weight excluding hydrogens is 388 g/mol. The Morgan fingerprint density at radius 2 is 2.08 bits per heavy atom. The van der Waals surface area contributed by atoms with Crippen molar-refractivity contribution in [3.8, 4) is 5.75 Å². The summed E-state index contributed by atoms with van der Waals surface area (Å²) in [6, 6.07) is 11.0. The van der Waals surface area contributed by atoms with Crippen LogP contribution in [0.15, 0.2) is 53.3 Å². The van der Waals surface area contributed by atoms with Crippen LogP contribution in [0.1, 0.15) is 6.42 Å². The van der Waals surface area contributed by atoms with E-state index in [4.69, 9.17) is 9.47 Å². The molecule has 1 aromatic heterocycles. The van der Waals surface area contributed by atoms with Crippen molar-refractivity contribution in [3.05, 3.63) is 53.3 Å². The van der Waals surface area contributed by atoms with Gasteiger partial charge >= 0.3 is 5.97 Å². The number of carbonyl (C=O) groups is 2. The first kappa shape index (κ1) is 17.4. The number of halogens is 1. The number of pyridine rings is 1. The number of aromatic nitrogens is 1. The van der Waals surface area contributed by atoms with Crippen LogP contribution in [-0.2, 0) is 14.3 Å². The third-order valence-corrected chi connectivity index (χ3v) is 4.53. The highest BCUT2D eigenvalue weighted by Gasteiger charge is 2.39. The number of anilines is 1. The van der Waals surface area contributed by atoms with Crippen LogP contribution in [0.4, 0.5) is 5.69 Å². The molecule has 1 aliphatic heterocycles. The number of hydrogen-bond acceptors (Lipinski definition) is 5. The van der Waals surface area contributed by atoms with Gasteiger partial charge in [-0.15, -0.1) is 0 Å². The van der Waals surface area contributed by atoms with E-state index in [-0.39, 0.29) is 19.1 Å². The van der Waals surface area contributed by atoms with Gasteiger partial charge in [-0.1, -0.05) is 12.1 Å². The first-order chi connectivity index (χ1) is 12.2. The molecule has 1 fully saturated rings. The maximum Gasteiger partial charge on any atom is 0.318 e. The monoisotopic (exact) mass is 404 g/mol. The predicted octanol–water partition coefficient (Wildman–Crippen LogP) is 2.82. The van der Waals surface area contributed by atoms with Crippen molar-refractivity contribution in [1.29, 1.82) is 0 Å². The van der Waals surface area contributed by atoms with Crippen molar-refractivity contribution in [2.45, 2.75) is 6.42 Å². The zero-order valence-electron chi connectivity index (χ0n) is 13.4. The van der Waals surface area contributed by atoms with Crippen molar-refractivity contribution in [1.82, 2.24) is 4.98 Å². The van der Waals surface area contributed by atoms with Crippen LogP contribution in [-0.4, -0.2) is 36.6 Å². The number of benzene rings is 1. The molecule has 1 amide bonds. The zero-order chi connectivity index (χ0) is 17.6. The Balaban J connectivity index is 1.50. The van der Waals surface area contributed by atoms with E-state index in [9.17, 15) is 9.59 Å². The smallest absolute Gasteiger partial charge is 0.318 e. The van der Waals surface area contributed by atoms with E-state index < -0.39 is 11.9 Å². The number of esters is 1. The molecule has 0 aliphatic carbocycles. The zero-order valence-corrected chi connectivity index (χ0v) is 15.0. The van der Waals surface area contributed by atoms with Gasteiger partial charge in [0.05, 0.1) is 11.9 Å². The fourth-order valence-electron chi connectivity index (χ4n) is 2.64. The molecule has 7 heteroatoms. The molecule has 1 unspecified atom stereocenters. The SMILES string of the molecule is O=C(OCCOc1cccnc1)C1CCN(c2ccccc2Br)C1=O. The van der Waals surface area contributed by atoms with Gasteiger partial charge in [-0.25, -0.2) is 0 Å². The first-order valence-electron chi connectivity index (χ1n) is 7.92. The van der Waals surface area contributed by atoms with Gasteiger partial charge in [0.15, 0.2) is 0 Å². The second-order valence-electron chi connectivity index (χ2n) is 5.49. The number of hydrogen-bond donors (Lipinski definition) is 0. The van der Waals surface area contributed by atoms with Crippen molar-refractivity contribution in [2.75, 3.05) is 24.7 Å². The summed E-state index contributed by atoms with van der Waals surface area (Å²) in [6.07, 6.45) is 3.68. The third-order valence-electron chi connectivity index (χ3n) is 3.86. The Bertz CT molecular complexity index is 754. The van der Waals surface area contributed by atoms with Crippen molar-refractivity contribution >= 4 is 33.5 Å². The molecule has 0 N–H and O–H groups in total. The van der Waals surface area contributed by atoms with Crippen LogP contribution in [0.5, 0.6) is 5.75 Å². The van der Waals surface area contributed by atoms with Crippen LogP contribution in [0.3, 0.4) is 0 Å². The van der Waals surface area contributed by atoms with Gasteiger partial charge in [-0.3, -0.25) is 14.6 Å². The summed E-state index contributed by atoms with van der Waals surface area (Å²) in [5, 5.41) is 0. The summed E-state index contributed by atoms with van der Waals surface area (Å²) in [6.45, 7) is 0.798. The van der Waals surface area contributed by atoms with Gasteiger partial charge in [-0.2, -0.15) is 0 Å². The molecule has 2 heterocycles. The minimum Gasteiger partial charge on any atom is -0.488 e. The quantitative estimate of drug-likeness (QED) is 0.420. The van der Waals surface area contributed by atoms with E-state index in [1.54, 1.807) is 29.4 Å². The lowest BCUT2D eigenvalue weighted by atomic mass is 10.1. The van der Waals surface area contributed by atoms with E-state index in [0.29, 0.717) is 18.7 Å². The lowest BCUT2D eigenvalue weighted by Gasteiger charge is -2.18. The molecule has 1 aliphatic rings. The van der Waals surface area contributed by atoms with Gasteiger partial charge in [0.2, 0.25) is 5.91 Å². The van der Waals surface area contributed by atoms with Crippen LogP contribution < -0.4 is 9.64 Å². The van der Waals surface area contributed by atoms with Gasteiger partial charge in [0, 0.05) is 17.2 Å². The van der Waals surface area contributed by atoms with Crippen LogP contribution in [0.25, 0.3) is 0 Å². The Morgan fingerprint density at radius 1 is 1.24 bits per heavy atom. The summed E-state index contributed by atoms with van der Waals surface area (Å²) >= 11 is 3.43. The number of nitrogens with zero attached hydrogens (tertiary/aromatic N) is 2. The van der Waals surface area contributed by atoms with E-state index in [2.05, 4.69) is 20.9 Å². The van der Waals surface area contributed by atoms with Crippen molar-refractivity contribution < 1.29 is 19.1 Å². The summed E-state index contributed by atoms with van der Waals surface area (Å²) < 4.78 is 11.4. The van der Waals surface area contributed by atoms with Crippen molar-refractivity contribution in [3.63, 3.8) is 0 Å². The normalized spacial score (nSPS) is 16.8. The molecule has 2 aromatic rings. The minimum atomic E-state index is -0.759. The summed E-state index contributed by atoms with van der Waals surface area (Å²) in [5.74, 6) is -0.888. The standard InChI is InChI=1S/C18H17BrN2O4/c19-15-5-1-2-6-16(15)21-9-7-14(17(21)22)18(23)25-11-10-24-13-4-3-8-20-12-13/h1-6,8,12,14H,7,9-11H2. The topological polar surface area (TPSA) is 68.7 Å². The Morgan fingerprint density at radius 3 is 2.84 bits per heavy atom. The fraction of sp³-hybridized carbons (Fsp3) is 0.278. The number of carbonyl (C=O) groups excluding carboxylic acids is 2. The molecule has 0 saturated carbocycles. The lowest BCUT2D eigenvalue weighted by molar-refractivity contribution is -0.151. The van der Waals surface area contributed by atoms with E-state index in [1.165, 1.54) is 0 Å². The number of rotatable bonds is 6. The fourth-order valence-corrected chi connectivity index (χ4v) is 3.14. The Kier molecular flexibility index (Phi) is 5.65. The molecule has 25 heavy (non-hydrogen) atoms. The molecule has 1 saturated heterocycles. The Hall–Kier alpha value is -2.41. The maximum atomic E-state index is 12.5. The molecule has 1 aromatic carbocycles. The highest BCUT2D eigenvalue weighted by atomic mass is 79.9. The van der Waals surface area contributed by atoms with Gasteiger partial charge < -0.3 is 14.4 Å². The summed E-state index contributed by atoms with van der Waals surface area (Å²) in [5.41, 5.74) is 0.766. The molecule has 0 bridgehead atoms. The second kappa shape index (κ2) is 8.11.